The molecule has 2 heteroatoms. The predicted molar refractivity (Wildman–Crippen MR) is 234 cm³/mol. The van der Waals surface area contributed by atoms with Gasteiger partial charge < -0.3 is 9.80 Å². The molecule has 0 saturated heterocycles. The van der Waals surface area contributed by atoms with Crippen molar-refractivity contribution in [3.8, 4) is 22.3 Å². The second-order valence-corrected chi connectivity index (χ2v) is 15.0. The number of benzene rings is 9. The van der Waals surface area contributed by atoms with Crippen molar-refractivity contribution in [1.82, 2.24) is 0 Å². The zero-order valence-corrected chi connectivity index (χ0v) is 31.0. The van der Waals surface area contributed by atoms with Gasteiger partial charge in [-0.25, -0.2) is 0 Å². The van der Waals surface area contributed by atoms with Gasteiger partial charge in [-0.05, 0) is 98.6 Å². The summed E-state index contributed by atoms with van der Waals surface area (Å²) < 4.78 is 0. The molecule has 1 heterocycles. The molecule has 0 atom stereocenters. The SMILES string of the molecule is CC1(C)c2ccccc2N(c2c(-c3ccc4ccccc4c3)ccc3ccccc23)c2cccc(-c3ccc(N(c4ccccc4)c4ccccc4)cc3)c21. The Morgan fingerprint density at radius 2 is 0.964 bits per heavy atom. The molecule has 55 heavy (non-hydrogen) atoms. The number of rotatable bonds is 6. The van der Waals surface area contributed by atoms with Gasteiger partial charge >= 0.3 is 0 Å². The number of nitrogens with zero attached hydrogens (tertiary/aromatic N) is 2. The summed E-state index contributed by atoms with van der Waals surface area (Å²) in [6.07, 6.45) is 0. The van der Waals surface area contributed by atoms with Crippen LogP contribution in [0.5, 0.6) is 0 Å². The third kappa shape index (κ3) is 5.49. The van der Waals surface area contributed by atoms with Crippen LogP contribution in [0.1, 0.15) is 25.0 Å². The maximum atomic E-state index is 2.55. The Bertz CT molecular complexity index is 2800. The van der Waals surface area contributed by atoms with Gasteiger partial charge in [0.25, 0.3) is 0 Å². The van der Waals surface area contributed by atoms with Gasteiger partial charge in [-0.15, -0.1) is 0 Å². The predicted octanol–water partition coefficient (Wildman–Crippen LogP) is 14.9. The van der Waals surface area contributed by atoms with E-state index in [4.69, 9.17) is 0 Å². The van der Waals surface area contributed by atoms with Crippen molar-refractivity contribution in [3.63, 3.8) is 0 Å². The van der Waals surface area contributed by atoms with Crippen molar-refractivity contribution in [2.45, 2.75) is 19.3 Å². The molecule has 1 aliphatic heterocycles. The highest BCUT2D eigenvalue weighted by Crippen LogP contribution is 2.57. The molecule has 2 nitrogen and oxygen atoms in total. The minimum Gasteiger partial charge on any atom is -0.311 e. The van der Waals surface area contributed by atoms with Gasteiger partial charge in [0.05, 0.1) is 17.1 Å². The van der Waals surface area contributed by atoms with E-state index in [1.54, 1.807) is 0 Å². The number of fused-ring (bicyclic) bond motifs is 4. The highest BCUT2D eigenvalue weighted by molar-refractivity contribution is 6.08. The molecule has 9 aromatic rings. The average molecular weight is 705 g/mol. The monoisotopic (exact) mass is 704 g/mol. The van der Waals surface area contributed by atoms with Gasteiger partial charge in [0.1, 0.15) is 0 Å². The van der Waals surface area contributed by atoms with E-state index >= 15 is 0 Å². The first-order valence-electron chi connectivity index (χ1n) is 19.1. The van der Waals surface area contributed by atoms with E-state index in [-0.39, 0.29) is 5.41 Å². The van der Waals surface area contributed by atoms with Gasteiger partial charge in [0.15, 0.2) is 0 Å². The summed E-state index contributed by atoms with van der Waals surface area (Å²) >= 11 is 0. The van der Waals surface area contributed by atoms with Crippen LogP contribution in [0, 0.1) is 0 Å². The Morgan fingerprint density at radius 1 is 0.400 bits per heavy atom. The summed E-state index contributed by atoms with van der Waals surface area (Å²) in [6, 6.07) is 75.1. The first-order valence-corrected chi connectivity index (χ1v) is 19.1. The first kappa shape index (κ1) is 32.7. The zero-order chi connectivity index (χ0) is 36.9. The Kier molecular flexibility index (Phi) is 7.85. The molecule has 0 amide bonds. The molecular formula is C53H40N2. The minimum absolute atomic E-state index is 0.272. The molecule has 0 bridgehead atoms. The molecule has 0 fully saturated rings. The van der Waals surface area contributed by atoms with Crippen molar-refractivity contribution in [1.29, 1.82) is 0 Å². The lowest BCUT2D eigenvalue weighted by molar-refractivity contribution is 0.634. The molecule has 0 aliphatic carbocycles. The van der Waals surface area contributed by atoms with Crippen molar-refractivity contribution >= 4 is 55.7 Å². The molecule has 0 saturated carbocycles. The summed E-state index contributed by atoms with van der Waals surface area (Å²) in [5.41, 5.74) is 14.2. The van der Waals surface area contributed by atoms with Crippen molar-refractivity contribution in [2.24, 2.45) is 0 Å². The van der Waals surface area contributed by atoms with Crippen LogP contribution in [0.25, 0.3) is 43.8 Å². The number of para-hydroxylation sites is 3. The molecule has 0 radical (unpaired) electrons. The van der Waals surface area contributed by atoms with Crippen LogP contribution < -0.4 is 9.80 Å². The maximum absolute atomic E-state index is 2.55. The second-order valence-electron chi connectivity index (χ2n) is 15.0. The highest BCUT2D eigenvalue weighted by atomic mass is 15.2. The lowest BCUT2D eigenvalue weighted by atomic mass is 9.70. The van der Waals surface area contributed by atoms with Crippen molar-refractivity contribution in [3.05, 3.63) is 217 Å². The normalized spacial score (nSPS) is 13.0. The molecule has 0 unspecified atom stereocenters. The third-order valence-electron chi connectivity index (χ3n) is 11.4. The van der Waals surface area contributed by atoms with Crippen LogP contribution in [0.2, 0.25) is 0 Å². The van der Waals surface area contributed by atoms with Crippen LogP contribution in [0.4, 0.5) is 34.1 Å². The highest BCUT2D eigenvalue weighted by Gasteiger charge is 2.39. The van der Waals surface area contributed by atoms with Crippen LogP contribution >= 0.6 is 0 Å². The third-order valence-corrected chi connectivity index (χ3v) is 11.4. The molecule has 0 N–H and O–H groups in total. The minimum atomic E-state index is -0.272. The lowest BCUT2D eigenvalue weighted by Gasteiger charge is -2.44. The molecule has 10 rings (SSSR count). The summed E-state index contributed by atoms with van der Waals surface area (Å²) in [5, 5.41) is 4.93. The largest absolute Gasteiger partial charge is 0.311 e. The fourth-order valence-electron chi connectivity index (χ4n) is 8.80. The van der Waals surface area contributed by atoms with Crippen LogP contribution in [0.15, 0.2) is 206 Å². The van der Waals surface area contributed by atoms with E-state index in [9.17, 15) is 0 Å². The van der Waals surface area contributed by atoms with Gasteiger partial charge in [0, 0.05) is 33.4 Å². The quantitative estimate of drug-likeness (QED) is 0.170. The Hall–Kier alpha value is -6.90. The second kappa shape index (κ2) is 13.2. The van der Waals surface area contributed by atoms with E-state index in [0.717, 1.165) is 17.1 Å². The van der Waals surface area contributed by atoms with E-state index in [1.807, 2.05) is 0 Å². The van der Waals surface area contributed by atoms with Crippen molar-refractivity contribution < 1.29 is 0 Å². The smallest absolute Gasteiger partial charge is 0.0618 e. The Morgan fingerprint density at radius 3 is 1.71 bits per heavy atom. The van der Waals surface area contributed by atoms with E-state index in [2.05, 4.69) is 230 Å². The fourth-order valence-corrected chi connectivity index (χ4v) is 8.80. The maximum Gasteiger partial charge on any atom is 0.0618 e. The number of hydrogen-bond donors (Lipinski definition) is 0. The van der Waals surface area contributed by atoms with Gasteiger partial charge in [0.2, 0.25) is 0 Å². The molecule has 0 aromatic heterocycles. The number of anilines is 6. The van der Waals surface area contributed by atoms with Gasteiger partial charge in [-0.1, -0.05) is 166 Å². The van der Waals surface area contributed by atoms with Crippen molar-refractivity contribution in [2.75, 3.05) is 9.80 Å². The molecule has 9 aromatic carbocycles. The standard InChI is InChI=1S/C53H40N2/c1-53(2)48-25-13-14-26-49(48)55(52-46-23-12-11-17-38(46)32-35-47(52)41-29-28-37-16-9-10-18-40(37)36-41)50-27-15-24-45(51(50)53)39-30-33-44(34-31-39)54(42-19-5-3-6-20-42)43-21-7-4-8-22-43/h3-36H,1-2H3. The van der Waals surface area contributed by atoms with Crippen LogP contribution in [-0.2, 0) is 5.41 Å². The molecule has 1 aliphatic rings. The van der Waals surface area contributed by atoms with Gasteiger partial charge in [-0.2, -0.15) is 0 Å². The Labute approximate surface area is 323 Å². The summed E-state index contributed by atoms with van der Waals surface area (Å²) in [6.45, 7) is 4.78. The van der Waals surface area contributed by atoms with Gasteiger partial charge in [-0.3, -0.25) is 0 Å². The lowest BCUT2D eigenvalue weighted by Crippen LogP contribution is -2.31. The summed E-state index contributed by atoms with van der Waals surface area (Å²) in [7, 11) is 0. The van der Waals surface area contributed by atoms with Crippen LogP contribution in [-0.4, -0.2) is 0 Å². The topological polar surface area (TPSA) is 6.48 Å². The molecule has 0 spiro atoms. The fraction of sp³-hybridized carbons (Fsp3) is 0.0566. The van der Waals surface area contributed by atoms with E-state index in [0.29, 0.717) is 0 Å². The summed E-state index contributed by atoms with van der Waals surface area (Å²) in [4.78, 5) is 4.87. The molecule has 262 valence electrons. The summed E-state index contributed by atoms with van der Waals surface area (Å²) in [5.74, 6) is 0. The van der Waals surface area contributed by atoms with Crippen LogP contribution in [0.3, 0.4) is 0 Å². The average Bonchev–Trinajstić information content (AvgIpc) is 3.24. The first-order chi connectivity index (χ1) is 27.1. The Balaban J connectivity index is 1.18. The molecular weight excluding hydrogens is 665 g/mol. The zero-order valence-electron chi connectivity index (χ0n) is 31.0. The van der Waals surface area contributed by atoms with E-state index < -0.39 is 0 Å². The van der Waals surface area contributed by atoms with E-state index in [1.165, 1.54) is 72.0 Å². The number of hydrogen-bond acceptors (Lipinski definition) is 2.